The molecule has 0 radical (unpaired) electrons. The number of likely N-dealkylation sites (tertiary alicyclic amines) is 1. The molecule has 2 bridgehead atoms. The lowest BCUT2D eigenvalue weighted by Crippen LogP contribution is -2.78. The minimum atomic E-state index is -1.07. The lowest BCUT2D eigenvalue weighted by molar-refractivity contribution is -0.196. The van der Waals surface area contributed by atoms with Crippen LogP contribution in [0, 0.1) is 5.92 Å². The van der Waals surface area contributed by atoms with Crippen molar-refractivity contribution in [2.45, 2.75) is 67.7 Å². The van der Waals surface area contributed by atoms with E-state index in [0.29, 0.717) is 36.7 Å². The quantitative estimate of drug-likeness (QED) is 0.432. The Bertz CT molecular complexity index is 1420. The van der Waals surface area contributed by atoms with E-state index in [0.717, 1.165) is 30.6 Å². The number of aliphatic hydroxyl groups is 1. The van der Waals surface area contributed by atoms with Gasteiger partial charge >= 0.3 is 0 Å². The van der Waals surface area contributed by atoms with Gasteiger partial charge in [0.2, 0.25) is 0 Å². The first-order valence-corrected chi connectivity index (χ1v) is 14.0. The Morgan fingerprint density at radius 2 is 1.95 bits per heavy atom. The molecule has 2 aromatic rings. The first kappa shape index (κ1) is 23.7. The van der Waals surface area contributed by atoms with E-state index in [1.807, 2.05) is 6.07 Å². The number of aromatic hydroxyl groups is 1. The van der Waals surface area contributed by atoms with Crippen LogP contribution in [0.25, 0.3) is 0 Å². The minimum absolute atomic E-state index is 0.0434. The molecule has 2 N–H and O–H groups in total. The molecule has 2 saturated carbocycles. The van der Waals surface area contributed by atoms with Gasteiger partial charge in [-0.1, -0.05) is 12.1 Å². The van der Waals surface area contributed by atoms with Crippen LogP contribution < -0.4 is 9.47 Å². The Kier molecular flexibility index (Phi) is 4.84. The fraction of sp³-hybridized carbons (Fsp3) is 0.533. The predicted molar refractivity (Wildman–Crippen MR) is 138 cm³/mol. The highest BCUT2D eigenvalue weighted by atomic mass is 16.7. The number of phenols is 1. The summed E-state index contributed by atoms with van der Waals surface area (Å²) >= 11 is 0. The van der Waals surface area contributed by atoms with Gasteiger partial charge < -0.3 is 24.4 Å². The summed E-state index contributed by atoms with van der Waals surface area (Å²) in [6.45, 7) is 1.86. The standard InChI is InChI=1S/C30H32N2O7/c1-37-15-38-21-8-7-17-13-22-30(36)10-9-19(32-27(34)18-3-2-4-20(33)23(18)28(32)35)26-29(30,24(17)25(21)39-26)11-12-31(22)14-16-5-6-16/h2-4,7-8,16,19,22,26,33,36H,5-6,9-15H2,1H3/t19-,22-,26+,29+,30?/m1/s1. The largest absolute Gasteiger partial charge is 0.507 e. The number of hydrogen-bond acceptors (Lipinski definition) is 8. The van der Waals surface area contributed by atoms with Crippen molar-refractivity contribution in [2.24, 2.45) is 5.92 Å². The number of piperidine rings is 1. The van der Waals surface area contributed by atoms with E-state index in [2.05, 4.69) is 11.0 Å². The zero-order valence-electron chi connectivity index (χ0n) is 21.9. The molecule has 204 valence electrons. The number of benzene rings is 2. The number of fused-ring (bicyclic) bond motifs is 1. The minimum Gasteiger partial charge on any atom is -0.507 e. The Balaban J connectivity index is 1.27. The molecule has 9 nitrogen and oxygen atoms in total. The fourth-order valence-electron chi connectivity index (χ4n) is 8.53. The van der Waals surface area contributed by atoms with Crippen molar-refractivity contribution in [1.82, 2.24) is 9.80 Å². The van der Waals surface area contributed by atoms with E-state index in [-0.39, 0.29) is 29.7 Å². The van der Waals surface area contributed by atoms with Gasteiger partial charge in [-0.25, -0.2) is 0 Å². The highest BCUT2D eigenvalue weighted by Gasteiger charge is 2.74. The number of carbonyl (C=O) groups excluding carboxylic acids is 2. The van der Waals surface area contributed by atoms with E-state index in [9.17, 15) is 19.8 Å². The Morgan fingerprint density at radius 3 is 2.72 bits per heavy atom. The van der Waals surface area contributed by atoms with Crippen LogP contribution >= 0.6 is 0 Å². The highest BCUT2D eigenvalue weighted by Crippen LogP contribution is 2.66. The third kappa shape index (κ3) is 2.90. The van der Waals surface area contributed by atoms with E-state index in [1.165, 1.54) is 23.8 Å². The van der Waals surface area contributed by atoms with Gasteiger partial charge in [-0.15, -0.1) is 0 Å². The van der Waals surface area contributed by atoms with Crippen LogP contribution in [0.1, 0.15) is 63.9 Å². The number of rotatable bonds is 6. The smallest absolute Gasteiger partial charge is 0.265 e. The van der Waals surface area contributed by atoms with Crippen molar-refractivity contribution in [1.29, 1.82) is 0 Å². The number of amides is 2. The second kappa shape index (κ2) is 7.96. The maximum Gasteiger partial charge on any atom is 0.265 e. The predicted octanol–water partition coefficient (Wildman–Crippen LogP) is 2.60. The number of nitrogens with zero attached hydrogens (tertiary/aromatic N) is 2. The normalized spacial score (nSPS) is 34.1. The molecule has 1 unspecified atom stereocenters. The molecule has 3 aliphatic carbocycles. The number of phenolic OH excluding ortho intramolecular Hbond substituents is 1. The summed E-state index contributed by atoms with van der Waals surface area (Å²) in [5.74, 6) is 0.703. The average molecular weight is 533 g/mol. The SMILES string of the molecule is COCOc1ccc2c3c1O[C@H]1[C@H](N4C(=O)c5cccc(O)c5C4=O)CCC4(O)[C@@H](C2)N(CC2CC2)CC[C@]314. The van der Waals surface area contributed by atoms with Crippen LogP contribution in [0.3, 0.4) is 0 Å². The van der Waals surface area contributed by atoms with Gasteiger partial charge in [0.25, 0.3) is 11.8 Å². The molecular weight excluding hydrogens is 500 g/mol. The molecule has 2 amide bonds. The molecule has 1 spiro atoms. The van der Waals surface area contributed by atoms with Gasteiger partial charge in [0, 0.05) is 25.3 Å². The average Bonchev–Trinajstić information content (AvgIpc) is 3.61. The summed E-state index contributed by atoms with van der Waals surface area (Å²) in [6, 6.07) is 7.92. The van der Waals surface area contributed by atoms with E-state index >= 15 is 0 Å². The first-order valence-electron chi connectivity index (χ1n) is 14.0. The van der Waals surface area contributed by atoms with E-state index in [1.54, 1.807) is 19.2 Å². The van der Waals surface area contributed by atoms with Crippen molar-refractivity contribution in [3.05, 3.63) is 52.6 Å². The van der Waals surface area contributed by atoms with Crippen molar-refractivity contribution in [2.75, 3.05) is 27.0 Å². The zero-order valence-corrected chi connectivity index (χ0v) is 21.9. The van der Waals surface area contributed by atoms with Gasteiger partial charge in [0.05, 0.1) is 28.2 Å². The number of carbonyl (C=O) groups is 2. The summed E-state index contributed by atoms with van der Waals surface area (Å²) in [5, 5.41) is 23.2. The molecule has 3 fully saturated rings. The number of imide groups is 1. The molecule has 6 aliphatic rings. The summed E-state index contributed by atoms with van der Waals surface area (Å²) in [7, 11) is 1.56. The summed E-state index contributed by atoms with van der Waals surface area (Å²) < 4.78 is 17.9. The fourth-order valence-corrected chi connectivity index (χ4v) is 8.53. The molecule has 39 heavy (non-hydrogen) atoms. The lowest BCUT2D eigenvalue weighted by Gasteiger charge is -2.64. The first-order chi connectivity index (χ1) is 18.9. The Labute approximate surface area is 226 Å². The number of hydrogen-bond donors (Lipinski definition) is 2. The van der Waals surface area contributed by atoms with Crippen LogP contribution in [0.4, 0.5) is 0 Å². The molecule has 3 aliphatic heterocycles. The Morgan fingerprint density at radius 1 is 1.10 bits per heavy atom. The van der Waals surface area contributed by atoms with Gasteiger partial charge in [-0.2, -0.15) is 0 Å². The topological polar surface area (TPSA) is 109 Å². The van der Waals surface area contributed by atoms with E-state index in [4.69, 9.17) is 14.2 Å². The van der Waals surface area contributed by atoms with Crippen LogP contribution in [0.2, 0.25) is 0 Å². The summed E-state index contributed by atoms with van der Waals surface area (Å²) in [4.78, 5) is 31.1. The third-order valence-corrected chi connectivity index (χ3v) is 10.3. The molecule has 0 aromatic heterocycles. The van der Waals surface area contributed by atoms with Crippen LogP contribution in [-0.2, 0) is 16.6 Å². The highest BCUT2D eigenvalue weighted by molar-refractivity contribution is 6.22. The van der Waals surface area contributed by atoms with Gasteiger partial charge in [-0.05, 0) is 74.8 Å². The monoisotopic (exact) mass is 532 g/mol. The molecule has 1 saturated heterocycles. The maximum atomic E-state index is 13.7. The molecule has 2 aromatic carbocycles. The van der Waals surface area contributed by atoms with E-state index < -0.39 is 35.0 Å². The molecule has 5 atom stereocenters. The van der Waals surface area contributed by atoms with Crippen molar-refractivity contribution in [3.8, 4) is 17.2 Å². The van der Waals surface area contributed by atoms with Crippen molar-refractivity contribution >= 4 is 11.8 Å². The van der Waals surface area contributed by atoms with Gasteiger partial charge in [0.1, 0.15) is 11.9 Å². The van der Waals surface area contributed by atoms with Crippen LogP contribution in [0.15, 0.2) is 30.3 Å². The molecule has 8 rings (SSSR count). The van der Waals surface area contributed by atoms with Gasteiger partial charge in [0.15, 0.2) is 18.3 Å². The van der Waals surface area contributed by atoms with Crippen LogP contribution in [0.5, 0.6) is 17.2 Å². The second-order valence-corrected chi connectivity index (χ2v) is 12.1. The number of ether oxygens (including phenoxy) is 3. The van der Waals surface area contributed by atoms with Crippen molar-refractivity contribution < 1.29 is 34.0 Å². The summed E-state index contributed by atoms with van der Waals surface area (Å²) in [6.07, 6.45) is 4.11. The molecule has 3 heterocycles. The summed E-state index contributed by atoms with van der Waals surface area (Å²) in [5.41, 5.74) is 0.498. The number of methoxy groups -OCH3 is 1. The second-order valence-electron chi connectivity index (χ2n) is 12.1. The zero-order chi connectivity index (χ0) is 26.7. The van der Waals surface area contributed by atoms with Crippen molar-refractivity contribution in [3.63, 3.8) is 0 Å². The molecule has 9 heteroatoms. The third-order valence-electron chi connectivity index (χ3n) is 10.3. The lowest BCUT2D eigenvalue weighted by atomic mass is 9.48. The maximum absolute atomic E-state index is 13.7. The Hall–Kier alpha value is -3.14. The molecular formula is C30H32N2O7. The van der Waals surface area contributed by atoms with Gasteiger partial charge in [-0.3, -0.25) is 19.4 Å². The van der Waals surface area contributed by atoms with Crippen LogP contribution in [-0.4, -0.2) is 82.6 Å².